The van der Waals surface area contributed by atoms with Gasteiger partial charge in [0.2, 0.25) is 12.3 Å². The lowest BCUT2D eigenvalue weighted by atomic mass is 9.89. The Balaban J connectivity index is 2.21. The molecule has 0 saturated heterocycles. The van der Waals surface area contributed by atoms with Crippen LogP contribution in [-0.2, 0) is 13.6 Å². The lowest BCUT2D eigenvalue weighted by Gasteiger charge is -2.23. The lowest BCUT2D eigenvalue weighted by molar-refractivity contribution is -0.660. The van der Waals surface area contributed by atoms with Crippen LogP contribution in [0.1, 0.15) is 22.3 Å². The summed E-state index contributed by atoms with van der Waals surface area (Å²) in [5.41, 5.74) is 6.97. The van der Waals surface area contributed by atoms with Crippen LogP contribution in [0.15, 0.2) is 30.5 Å². The quantitative estimate of drug-likeness (QED) is 0.365. The molecular weight excluding hydrogens is 296 g/mol. The monoisotopic (exact) mass is 315 g/mol. The van der Waals surface area contributed by atoms with Gasteiger partial charge in [0.05, 0.1) is 11.1 Å². The van der Waals surface area contributed by atoms with Crippen LogP contribution in [0.2, 0.25) is 0 Å². The average Bonchev–Trinajstić information content (AvgIpc) is 2.54. The van der Waals surface area contributed by atoms with E-state index in [0.717, 1.165) is 22.8 Å². The van der Waals surface area contributed by atoms with Gasteiger partial charge in [-0.1, -0.05) is 12.1 Å². The molecule has 4 rings (SSSR count). The molecule has 0 amide bonds. The van der Waals surface area contributed by atoms with Crippen molar-refractivity contribution in [1.82, 2.24) is 0 Å². The van der Waals surface area contributed by atoms with Gasteiger partial charge in [0.1, 0.15) is 12.8 Å². The average molecular weight is 315 g/mol. The molecule has 0 aliphatic carbocycles. The number of hydrogen-bond donors (Lipinski definition) is 0. The molecule has 3 heteroatoms. The van der Waals surface area contributed by atoms with Gasteiger partial charge in [0.15, 0.2) is 6.20 Å². The highest BCUT2D eigenvalue weighted by molar-refractivity contribution is 6.05. The van der Waals surface area contributed by atoms with Gasteiger partial charge >= 0.3 is 0 Å². The van der Waals surface area contributed by atoms with Crippen LogP contribution in [0.3, 0.4) is 0 Å². The first-order valence-corrected chi connectivity index (χ1v) is 8.08. The van der Waals surface area contributed by atoms with E-state index in [1.165, 1.54) is 33.0 Å². The molecule has 0 fully saturated rings. The highest BCUT2D eigenvalue weighted by Gasteiger charge is 2.32. The summed E-state index contributed by atoms with van der Waals surface area (Å²) in [6.45, 7) is 14.0. The summed E-state index contributed by atoms with van der Waals surface area (Å²) >= 11 is 0. The van der Waals surface area contributed by atoms with Crippen molar-refractivity contribution in [2.75, 3.05) is 0 Å². The van der Waals surface area contributed by atoms with Crippen molar-refractivity contribution < 1.29 is 9.30 Å². The summed E-state index contributed by atoms with van der Waals surface area (Å²) in [5, 5.41) is 2.39. The van der Waals surface area contributed by atoms with Crippen molar-refractivity contribution in [3.8, 4) is 22.8 Å². The molecule has 0 spiro atoms. The third kappa shape index (κ3) is 1.93. The molecular formula is C21H19N2O+. The Morgan fingerprint density at radius 3 is 2.71 bits per heavy atom. The maximum atomic E-state index is 7.24. The van der Waals surface area contributed by atoms with Gasteiger partial charge in [0, 0.05) is 11.5 Å². The Morgan fingerprint density at radius 1 is 1.17 bits per heavy atom. The number of aromatic nitrogens is 1. The molecule has 0 radical (unpaired) electrons. The number of rotatable bonds is 1. The predicted molar refractivity (Wildman–Crippen MR) is 95.2 cm³/mol. The van der Waals surface area contributed by atoms with E-state index in [1.807, 2.05) is 19.3 Å². The first-order chi connectivity index (χ1) is 11.5. The molecule has 0 unspecified atom stereocenters. The standard InChI is InChI=1S/C21H19N2O/c1-12-8-16-10-13(2)14(3)18-19(16)17(9-12)24-21-15(11-22-4)6-7-23(5)20(18)21/h6-10H,11H2,1-3,5H3/q+1. The fourth-order valence-corrected chi connectivity index (χ4v) is 3.65. The van der Waals surface area contributed by atoms with Gasteiger partial charge < -0.3 is 9.58 Å². The molecule has 2 heterocycles. The topological polar surface area (TPSA) is 17.5 Å². The van der Waals surface area contributed by atoms with Gasteiger partial charge in [0.25, 0.3) is 5.69 Å². The van der Waals surface area contributed by atoms with Gasteiger partial charge in [-0.25, -0.2) is 6.57 Å². The second-order valence-corrected chi connectivity index (χ2v) is 6.60. The number of benzene rings is 2. The molecule has 0 saturated carbocycles. The van der Waals surface area contributed by atoms with Crippen molar-refractivity contribution in [2.45, 2.75) is 27.3 Å². The third-order valence-electron chi connectivity index (χ3n) is 4.92. The summed E-state index contributed by atoms with van der Waals surface area (Å²) < 4.78 is 8.43. The second kappa shape index (κ2) is 5.07. The fourth-order valence-electron chi connectivity index (χ4n) is 3.65. The molecule has 0 N–H and O–H groups in total. The maximum Gasteiger partial charge on any atom is 0.256 e. The van der Waals surface area contributed by atoms with Crippen LogP contribution in [0.4, 0.5) is 0 Å². The van der Waals surface area contributed by atoms with Crippen molar-refractivity contribution in [2.24, 2.45) is 7.05 Å². The summed E-state index contributed by atoms with van der Waals surface area (Å²) in [4.78, 5) is 3.57. The zero-order chi connectivity index (χ0) is 17.0. The van der Waals surface area contributed by atoms with Crippen molar-refractivity contribution in [3.05, 3.63) is 64.1 Å². The Morgan fingerprint density at radius 2 is 1.96 bits per heavy atom. The Bertz CT molecular complexity index is 1060. The number of nitrogens with zero attached hydrogens (tertiary/aromatic N) is 2. The zero-order valence-electron chi connectivity index (χ0n) is 14.4. The van der Waals surface area contributed by atoms with Crippen LogP contribution in [0.25, 0.3) is 26.9 Å². The van der Waals surface area contributed by atoms with Crippen LogP contribution in [0, 0.1) is 27.3 Å². The number of pyridine rings is 1. The van der Waals surface area contributed by atoms with E-state index < -0.39 is 0 Å². The normalized spacial score (nSPS) is 11.8. The first kappa shape index (κ1) is 14.7. The van der Waals surface area contributed by atoms with Gasteiger partial charge in [-0.05, 0) is 48.9 Å². The number of ether oxygens (including phenoxy) is 1. The lowest BCUT2D eigenvalue weighted by Crippen LogP contribution is -2.32. The number of fused-ring (bicyclic) bond motifs is 2. The minimum absolute atomic E-state index is 0.332. The SMILES string of the molecule is [C-]#[N+]Cc1cc[n+](C)c2c1Oc1cc(C)cc3cc(C)c(C)c-2c13. The third-order valence-corrected chi connectivity index (χ3v) is 4.92. The summed E-state index contributed by atoms with van der Waals surface area (Å²) in [7, 11) is 2.04. The first-order valence-electron chi connectivity index (χ1n) is 8.08. The van der Waals surface area contributed by atoms with Crippen LogP contribution in [-0.4, -0.2) is 0 Å². The minimum Gasteiger partial charge on any atom is -0.449 e. The highest BCUT2D eigenvalue weighted by atomic mass is 16.5. The molecule has 3 aromatic rings. The molecule has 1 aromatic heterocycles. The van der Waals surface area contributed by atoms with E-state index >= 15 is 0 Å². The van der Waals surface area contributed by atoms with Crippen LogP contribution in [0.5, 0.6) is 11.5 Å². The molecule has 2 aromatic carbocycles. The molecule has 1 aliphatic rings. The van der Waals surface area contributed by atoms with E-state index in [1.54, 1.807) is 0 Å². The minimum atomic E-state index is 0.332. The Labute approximate surface area is 141 Å². The van der Waals surface area contributed by atoms with Gasteiger partial charge in [-0.2, -0.15) is 4.57 Å². The van der Waals surface area contributed by atoms with Crippen LogP contribution < -0.4 is 9.30 Å². The molecule has 118 valence electrons. The molecule has 0 bridgehead atoms. The number of aryl methyl sites for hydroxylation is 3. The second-order valence-electron chi connectivity index (χ2n) is 6.60. The van der Waals surface area contributed by atoms with E-state index in [4.69, 9.17) is 11.3 Å². The predicted octanol–water partition coefficient (Wildman–Crippen LogP) is 4.78. The van der Waals surface area contributed by atoms with Crippen molar-refractivity contribution in [3.63, 3.8) is 0 Å². The zero-order valence-corrected chi connectivity index (χ0v) is 14.4. The van der Waals surface area contributed by atoms with Crippen molar-refractivity contribution >= 4 is 10.8 Å². The maximum absolute atomic E-state index is 7.24. The van der Waals surface area contributed by atoms with Crippen molar-refractivity contribution in [1.29, 1.82) is 0 Å². The van der Waals surface area contributed by atoms with Gasteiger partial charge in [-0.3, -0.25) is 0 Å². The Hall–Kier alpha value is -2.86. The molecule has 1 aliphatic heterocycles. The number of hydrogen-bond acceptors (Lipinski definition) is 1. The summed E-state index contributed by atoms with van der Waals surface area (Å²) in [6, 6.07) is 8.53. The van der Waals surface area contributed by atoms with E-state index in [9.17, 15) is 0 Å². The molecule has 0 atom stereocenters. The summed E-state index contributed by atoms with van der Waals surface area (Å²) in [5.74, 6) is 1.72. The highest BCUT2D eigenvalue weighted by Crippen LogP contribution is 2.48. The fraction of sp³-hybridized carbons (Fsp3) is 0.238. The smallest absolute Gasteiger partial charge is 0.256 e. The Kier molecular flexibility index (Phi) is 3.11. The summed E-state index contributed by atoms with van der Waals surface area (Å²) in [6.07, 6.45) is 2.02. The van der Waals surface area contributed by atoms with E-state index in [2.05, 4.69) is 48.4 Å². The van der Waals surface area contributed by atoms with E-state index in [-0.39, 0.29) is 0 Å². The molecule has 24 heavy (non-hydrogen) atoms. The van der Waals surface area contributed by atoms with E-state index in [0.29, 0.717) is 6.54 Å². The molecule has 3 nitrogen and oxygen atoms in total. The van der Waals surface area contributed by atoms with Gasteiger partial charge in [-0.15, -0.1) is 0 Å². The van der Waals surface area contributed by atoms with Crippen LogP contribution >= 0.6 is 0 Å². The largest absolute Gasteiger partial charge is 0.449 e.